The Morgan fingerprint density at radius 3 is 2.38 bits per heavy atom. The summed E-state index contributed by atoms with van der Waals surface area (Å²) in [7, 11) is 0. The molecule has 1 rings (SSSR count). The molecule has 0 aromatic rings. The molecule has 0 heterocycles. The molecule has 1 N–H and O–H groups in total. The summed E-state index contributed by atoms with van der Waals surface area (Å²) in [6.07, 6.45) is 8.76. The molecule has 1 heteroatoms. The van der Waals surface area contributed by atoms with Crippen molar-refractivity contribution in [3.8, 4) is 0 Å². The zero-order valence-electron chi connectivity index (χ0n) is 11.8. The third kappa shape index (κ3) is 5.34. The van der Waals surface area contributed by atoms with Crippen LogP contribution in [0.25, 0.3) is 0 Å². The van der Waals surface area contributed by atoms with Crippen molar-refractivity contribution in [3.63, 3.8) is 0 Å². The molecule has 0 aliphatic heterocycles. The molecule has 16 heavy (non-hydrogen) atoms. The number of hydrogen-bond donors (Lipinski definition) is 1. The lowest BCUT2D eigenvalue weighted by molar-refractivity contribution is 0.323. The van der Waals surface area contributed by atoms with E-state index in [1.54, 1.807) is 0 Å². The maximum atomic E-state index is 3.62. The molecule has 1 saturated carbocycles. The van der Waals surface area contributed by atoms with Gasteiger partial charge in [-0.25, -0.2) is 0 Å². The Labute approximate surface area is 102 Å². The zero-order valence-corrected chi connectivity index (χ0v) is 11.8. The molecule has 0 bridgehead atoms. The fourth-order valence-corrected chi connectivity index (χ4v) is 2.94. The monoisotopic (exact) mass is 225 g/mol. The lowest BCUT2D eigenvalue weighted by Crippen LogP contribution is -2.30. The van der Waals surface area contributed by atoms with Crippen molar-refractivity contribution < 1.29 is 0 Å². The van der Waals surface area contributed by atoms with E-state index in [4.69, 9.17) is 0 Å². The first-order valence-corrected chi connectivity index (χ1v) is 7.33. The number of rotatable bonds is 7. The summed E-state index contributed by atoms with van der Waals surface area (Å²) in [5, 5.41) is 3.62. The molecule has 1 aliphatic carbocycles. The second-order valence-corrected chi connectivity index (χ2v) is 6.34. The molecule has 0 aromatic carbocycles. The maximum Gasteiger partial charge on any atom is 0.00104 e. The first kappa shape index (κ1) is 14.0. The smallest absolute Gasteiger partial charge is 0.00104 e. The van der Waals surface area contributed by atoms with Gasteiger partial charge in [0.1, 0.15) is 0 Å². The molecule has 0 amide bonds. The SMILES string of the molecule is CC(C)CCCC1CCCC1CNC(C)C. The highest BCUT2D eigenvalue weighted by atomic mass is 14.9. The average molecular weight is 225 g/mol. The van der Waals surface area contributed by atoms with Crippen LogP contribution in [0.1, 0.15) is 66.2 Å². The second kappa shape index (κ2) is 7.32. The predicted molar refractivity (Wildman–Crippen MR) is 72.7 cm³/mol. The van der Waals surface area contributed by atoms with Crippen molar-refractivity contribution in [3.05, 3.63) is 0 Å². The van der Waals surface area contributed by atoms with Gasteiger partial charge in [-0.2, -0.15) is 0 Å². The highest BCUT2D eigenvalue weighted by Gasteiger charge is 2.26. The molecule has 0 radical (unpaired) electrons. The van der Waals surface area contributed by atoms with E-state index in [1.807, 2.05) is 0 Å². The molecule has 2 atom stereocenters. The van der Waals surface area contributed by atoms with E-state index >= 15 is 0 Å². The Bertz CT molecular complexity index is 174. The number of hydrogen-bond acceptors (Lipinski definition) is 1. The van der Waals surface area contributed by atoms with Crippen LogP contribution in [0.3, 0.4) is 0 Å². The van der Waals surface area contributed by atoms with Gasteiger partial charge < -0.3 is 5.32 Å². The molecule has 1 nitrogen and oxygen atoms in total. The van der Waals surface area contributed by atoms with Crippen LogP contribution in [0.2, 0.25) is 0 Å². The molecular formula is C15H31N. The van der Waals surface area contributed by atoms with Gasteiger partial charge in [0.05, 0.1) is 0 Å². The Morgan fingerprint density at radius 2 is 1.75 bits per heavy atom. The minimum Gasteiger partial charge on any atom is -0.314 e. The largest absolute Gasteiger partial charge is 0.314 e. The van der Waals surface area contributed by atoms with Gasteiger partial charge in [-0.3, -0.25) is 0 Å². The van der Waals surface area contributed by atoms with Crippen LogP contribution in [0.4, 0.5) is 0 Å². The van der Waals surface area contributed by atoms with Crippen LogP contribution in [0.15, 0.2) is 0 Å². The molecule has 1 aliphatic rings. The lowest BCUT2D eigenvalue weighted by Gasteiger charge is -2.21. The first-order valence-electron chi connectivity index (χ1n) is 7.33. The van der Waals surface area contributed by atoms with Crippen LogP contribution in [0, 0.1) is 17.8 Å². The van der Waals surface area contributed by atoms with Crippen molar-refractivity contribution >= 4 is 0 Å². The number of nitrogens with one attached hydrogen (secondary N) is 1. The predicted octanol–water partition coefficient (Wildman–Crippen LogP) is 4.23. The van der Waals surface area contributed by atoms with Crippen molar-refractivity contribution in [1.82, 2.24) is 5.32 Å². The normalized spacial score (nSPS) is 25.9. The minimum absolute atomic E-state index is 0.650. The Hall–Kier alpha value is -0.0400. The molecule has 0 aromatic heterocycles. The van der Waals surface area contributed by atoms with Crippen molar-refractivity contribution in [2.75, 3.05) is 6.54 Å². The van der Waals surface area contributed by atoms with Gasteiger partial charge in [-0.1, -0.05) is 59.8 Å². The van der Waals surface area contributed by atoms with Gasteiger partial charge in [-0.05, 0) is 30.7 Å². The zero-order chi connectivity index (χ0) is 12.0. The van der Waals surface area contributed by atoms with Crippen LogP contribution in [-0.4, -0.2) is 12.6 Å². The van der Waals surface area contributed by atoms with Gasteiger partial charge in [0.25, 0.3) is 0 Å². The summed E-state index contributed by atoms with van der Waals surface area (Å²) < 4.78 is 0. The Morgan fingerprint density at radius 1 is 1.06 bits per heavy atom. The summed E-state index contributed by atoms with van der Waals surface area (Å²) in [6, 6.07) is 0.650. The maximum absolute atomic E-state index is 3.62. The molecule has 0 saturated heterocycles. The van der Waals surface area contributed by atoms with Crippen molar-refractivity contribution in [2.24, 2.45) is 17.8 Å². The highest BCUT2D eigenvalue weighted by molar-refractivity contribution is 4.79. The van der Waals surface area contributed by atoms with E-state index in [0.29, 0.717) is 6.04 Å². The summed E-state index contributed by atoms with van der Waals surface area (Å²) in [4.78, 5) is 0. The molecule has 0 spiro atoms. The molecule has 2 unspecified atom stereocenters. The molecule has 1 fully saturated rings. The summed E-state index contributed by atoms with van der Waals surface area (Å²) in [5.74, 6) is 2.87. The third-order valence-electron chi connectivity index (χ3n) is 3.96. The Kier molecular flexibility index (Phi) is 6.41. The average Bonchev–Trinajstić information content (AvgIpc) is 2.62. The Balaban J connectivity index is 2.18. The van der Waals surface area contributed by atoms with Gasteiger partial charge in [0.2, 0.25) is 0 Å². The van der Waals surface area contributed by atoms with E-state index in [0.717, 1.165) is 17.8 Å². The van der Waals surface area contributed by atoms with E-state index in [2.05, 4.69) is 33.0 Å². The van der Waals surface area contributed by atoms with Gasteiger partial charge in [0, 0.05) is 6.04 Å². The van der Waals surface area contributed by atoms with Crippen molar-refractivity contribution in [2.45, 2.75) is 72.3 Å². The van der Waals surface area contributed by atoms with E-state index in [-0.39, 0.29) is 0 Å². The fraction of sp³-hybridized carbons (Fsp3) is 1.00. The van der Waals surface area contributed by atoms with E-state index < -0.39 is 0 Å². The van der Waals surface area contributed by atoms with Gasteiger partial charge in [0.15, 0.2) is 0 Å². The lowest BCUT2D eigenvalue weighted by atomic mass is 9.89. The van der Waals surface area contributed by atoms with E-state index in [9.17, 15) is 0 Å². The summed E-state index contributed by atoms with van der Waals surface area (Å²) in [5.41, 5.74) is 0. The fourth-order valence-electron chi connectivity index (χ4n) is 2.94. The standard InChI is InChI=1S/C15H31N/c1-12(2)7-5-8-14-9-6-10-15(14)11-16-13(3)4/h12-16H,5-11H2,1-4H3. The first-order chi connectivity index (χ1) is 7.59. The topological polar surface area (TPSA) is 12.0 Å². The quantitative estimate of drug-likeness (QED) is 0.684. The summed E-state index contributed by atoms with van der Waals surface area (Å²) >= 11 is 0. The summed E-state index contributed by atoms with van der Waals surface area (Å²) in [6.45, 7) is 10.4. The van der Waals surface area contributed by atoms with Gasteiger partial charge in [-0.15, -0.1) is 0 Å². The highest BCUT2D eigenvalue weighted by Crippen LogP contribution is 2.35. The van der Waals surface area contributed by atoms with Crippen LogP contribution < -0.4 is 5.32 Å². The third-order valence-corrected chi connectivity index (χ3v) is 3.96. The molecule has 96 valence electrons. The second-order valence-electron chi connectivity index (χ2n) is 6.34. The van der Waals surface area contributed by atoms with Crippen LogP contribution in [0.5, 0.6) is 0 Å². The van der Waals surface area contributed by atoms with Crippen LogP contribution >= 0.6 is 0 Å². The molecular weight excluding hydrogens is 194 g/mol. The van der Waals surface area contributed by atoms with E-state index in [1.165, 1.54) is 45.1 Å². The van der Waals surface area contributed by atoms with Crippen LogP contribution in [-0.2, 0) is 0 Å². The van der Waals surface area contributed by atoms with Crippen molar-refractivity contribution in [1.29, 1.82) is 0 Å². The minimum atomic E-state index is 0.650. The van der Waals surface area contributed by atoms with Gasteiger partial charge >= 0.3 is 0 Å².